The molecule has 0 aliphatic heterocycles. The highest BCUT2D eigenvalue weighted by molar-refractivity contribution is 5.75. The molecular formula is C14H21N3O3. The number of aliphatic carboxylic acids is 1. The maximum Gasteiger partial charge on any atom is 0.311 e. The number of carboxylic acid groups (broad SMARTS) is 1. The molecule has 1 aliphatic rings. The predicted molar refractivity (Wildman–Crippen MR) is 74.8 cm³/mol. The molecule has 20 heavy (non-hydrogen) atoms. The van der Waals surface area contributed by atoms with E-state index in [1.807, 2.05) is 0 Å². The molecule has 1 aromatic rings. The number of rotatable bonds is 5. The van der Waals surface area contributed by atoms with Crippen LogP contribution < -0.4 is 10.1 Å². The monoisotopic (exact) mass is 279 g/mol. The Kier molecular flexibility index (Phi) is 4.76. The molecule has 0 aromatic carbocycles. The van der Waals surface area contributed by atoms with Gasteiger partial charge in [-0.3, -0.25) is 9.78 Å². The van der Waals surface area contributed by atoms with E-state index in [0.29, 0.717) is 31.1 Å². The smallest absolute Gasteiger partial charge is 0.311 e. The molecule has 6 heteroatoms. The van der Waals surface area contributed by atoms with Gasteiger partial charge in [0.2, 0.25) is 5.88 Å². The quantitative estimate of drug-likeness (QED) is 0.805. The molecule has 0 spiro atoms. The van der Waals surface area contributed by atoms with Crippen LogP contribution >= 0.6 is 0 Å². The Labute approximate surface area is 118 Å². The van der Waals surface area contributed by atoms with Crippen LogP contribution in [0.15, 0.2) is 12.4 Å². The van der Waals surface area contributed by atoms with Gasteiger partial charge in [-0.15, -0.1) is 0 Å². The first kappa shape index (κ1) is 14.6. The first-order valence-corrected chi connectivity index (χ1v) is 7.00. The van der Waals surface area contributed by atoms with Gasteiger partial charge in [-0.1, -0.05) is 25.7 Å². The lowest BCUT2D eigenvalue weighted by molar-refractivity contribution is -0.149. The molecule has 0 atom stereocenters. The Hall–Kier alpha value is -1.85. The summed E-state index contributed by atoms with van der Waals surface area (Å²) in [7, 11) is 1.53. The van der Waals surface area contributed by atoms with Crippen LogP contribution in [0.3, 0.4) is 0 Å². The number of hydrogen-bond acceptors (Lipinski definition) is 5. The van der Waals surface area contributed by atoms with E-state index in [0.717, 1.165) is 25.7 Å². The van der Waals surface area contributed by atoms with Gasteiger partial charge >= 0.3 is 5.97 Å². The predicted octanol–water partition coefficient (Wildman–Crippen LogP) is 2.32. The molecule has 1 aliphatic carbocycles. The SMILES string of the molecule is COc1cncc(NCC2(C(=O)O)CCCCCC2)n1. The third kappa shape index (κ3) is 3.37. The van der Waals surface area contributed by atoms with Crippen molar-refractivity contribution in [1.82, 2.24) is 9.97 Å². The maximum absolute atomic E-state index is 11.7. The highest BCUT2D eigenvalue weighted by atomic mass is 16.5. The van der Waals surface area contributed by atoms with Crippen molar-refractivity contribution in [3.8, 4) is 5.88 Å². The van der Waals surface area contributed by atoms with Crippen LogP contribution in [0.4, 0.5) is 5.82 Å². The molecule has 0 amide bonds. The van der Waals surface area contributed by atoms with E-state index in [2.05, 4.69) is 15.3 Å². The second-order valence-electron chi connectivity index (χ2n) is 5.30. The zero-order valence-corrected chi connectivity index (χ0v) is 11.8. The van der Waals surface area contributed by atoms with E-state index >= 15 is 0 Å². The molecule has 0 radical (unpaired) electrons. The number of methoxy groups -OCH3 is 1. The largest absolute Gasteiger partial charge is 0.481 e. The lowest BCUT2D eigenvalue weighted by atomic mass is 9.80. The number of nitrogens with zero attached hydrogens (tertiary/aromatic N) is 2. The molecule has 0 unspecified atom stereocenters. The van der Waals surface area contributed by atoms with Crippen molar-refractivity contribution in [1.29, 1.82) is 0 Å². The summed E-state index contributed by atoms with van der Waals surface area (Å²) in [4.78, 5) is 19.9. The maximum atomic E-state index is 11.7. The topological polar surface area (TPSA) is 84.3 Å². The third-order valence-corrected chi connectivity index (χ3v) is 3.94. The summed E-state index contributed by atoms with van der Waals surface area (Å²) in [6, 6.07) is 0. The fraction of sp³-hybridized carbons (Fsp3) is 0.643. The second kappa shape index (κ2) is 6.54. The van der Waals surface area contributed by atoms with E-state index in [4.69, 9.17) is 4.74 Å². The number of hydrogen-bond donors (Lipinski definition) is 2. The summed E-state index contributed by atoms with van der Waals surface area (Å²) in [6.07, 6.45) is 8.70. The minimum absolute atomic E-state index is 0.379. The summed E-state index contributed by atoms with van der Waals surface area (Å²) in [5, 5.41) is 12.7. The zero-order valence-electron chi connectivity index (χ0n) is 11.8. The van der Waals surface area contributed by atoms with Crippen LogP contribution in [-0.4, -0.2) is 34.7 Å². The Bertz CT molecular complexity index is 457. The summed E-state index contributed by atoms with van der Waals surface area (Å²) < 4.78 is 5.01. The number of anilines is 1. The van der Waals surface area contributed by atoms with Gasteiger partial charge in [0.25, 0.3) is 0 Å². The van der Waals surface area contributed by atoms with Crippen LogP contribution in [0.25, 0.3) is 0 Å². The van der Waals surface area contributed by atoms with Gasteiger partial charge in [0.15, 0.2) is 0 Å². The Morgan fingerprint density at radius 3 is 2.65 bits per heavy atom. The van der Waals surface area contributed by atoms with Gasteiger partial charge in [0, 0.05) is 6.54 Å². The van der Waals surface area contributed by atoms with Crippen molar-refractivity contribution in [2.75, 3.05) is 19.0 Å². The van der Waals surface area contributed by atoms with Gasteiger partial charge in [-0.2, -0.15) is 4.98 Å². The molecule has 0 saturated heterocycles. The van der Waals surface area contributed by atoms with Gasteiger partial charge in [0.05, 0.1) is 24.9 Å². The van der Waals surface area contributed by atoms with E-state index in [9.17, 15) is 9.90 Å². The number of carboxylic acids is 1. The van der Waals surface area contributed by atoms with E-state index < -0.39 is 11.4 Å². The summed E-state index contributed by atoms with van der Waals surface area (Å²) in [5.41, 5.74) is -0.693. The average Bonchev–Trinajstić information content (AvgIpc) is 2.72. The van der Waals surface area contributed by atoms with Gasteiger partial charge in [-0.05, 0) is 12.8 Å². The Morgan fingerprint density at radius 1 is 1.35 bits per heavy atom. The summed E-state index contributed by atoms with van der Waals surface area (Å²) in [6.45, 7) is 0.379. The van der Waals surface area contributed by atoms with Crippen molar-refractivity contribution >= 4 is 11.8 Å². The van der Waals surface area contributed by atoms with Crippen molar-refractivity contribution in [2.24, 2.45) is 5.41 Å². The first-order chi connectivity index (χ1) is 9.66. The average molecular weight is 279 g/mol. The van der Waals surface area contributed by atoms with Crippen LogP contribution in [-0.2, 0) is 4.79 Å². The highest BCUT2D eigenvalue weighted by Crippen LogP contribution is 2.35. The fourth-order valence-corrected chi connectivity index (χ4v) is 2.66. The van der Waals surface area contributed by atoms with E-state index in [1.165, 1.54) is 13.3 Å². The van der Waals surface area contributed by atoms with Gasteiger partial charge < -0.3 is 15.2 Å². The number of carbonyl (C=O) groups is 1. The molecule has 1 fully saturated rings. The molecule has 1 saturated carbocycles. The van der Waals surface area contributed by atoms with Gasteiger partial charge in [-0.25, -0.2) is 0 Å². The minimum Gasteiger partial charge on any atom is -0.481 e. The third-order valence-electron chi connectivity index (χ3n) is 3.94. The van der Waals surface area contributed by atoms with E-state index in [1.54, 1.807) is 6.20 Å². The molecule has 2 N–H and O–H groups in total. The standard InChI is InChI=1S/C14H21N3O3/c1-20-12-9-15-8-11(17-12)16-10-14(13(18)19)6-4-2-3-5-7-14/h8-9H,2-7,10H2,1H3,(H,16,17)(H,18,19). The Balaban J connectivity index is 2.06. The summed E-state index contributed by atoms with van der Waals surface area (Å²) in [5.74, 6) is 0.247. The molecular weight excluding hydrogens is 258 g/mol. The molecule has 2 rings (SSSR count). The minimum atomic E-state index is -0.720. The molecule has 6 nitrogen and oxygen atoms in total. The van der Waals surface area contributed by atoms with Crippen molar-refractivity contribution < 1.29 is 14.6 Å². The number of aromatic nitrogens is 2. The second-order valence-corrected chi connectivity index (χ2v) is 5.30. The highest BCUT2D eigenvalue weighted by Gasteiger charge is 2.38. The van der Waals surface area contributed by atoms with Gasteiger partial charge in [0.1, 0.15) is 5.82 Å². The van der Waals surface area contributed by atoms with Crippen LogP contribution in [0, 0.1) is 5.41 Å². The van der Waals surface area contributed by atoms with Crippen molar-refractivity contribution in [3.63, 3.8) is 0 Å². The van der Waals surface area contributed by atoms with E-state index in [-0.39, 0.29) is 0 Å². The van der Waals surface area contributed by atoms with Crippen molar-refractivity contribution in [2.45, 2.75) is 38.5 Å². The lowest BCUT2D eigenvalue weighted by Gasteiger charge is -2.28. The molecule has 1 aromatic heterocycles. The number of nitrogens with one attached hydrogen (secondary N) is 1. The fourth-order valence-electron chi connectivity index (χ4n) is 2.66. The molecule has 0 bridgehead atoms. The zero-order chi connectivity index (χ0) is 14.4. The van der Waals surface area contributed by atoms with Crippen LogP contribution in [0.1, 0.15) is 38.5 Å². The molecule has 1 heterocycles. The van der Waals surface area contributed by atoms with Crippen LogP contribution in [0.2, 0.25) is 0 Å². The Morgan fingerprint density at radius 2 is 2.05 bits per heavy atom. The first-order valence-electron chi connectivity index (χ1n) is 7.00. The van der Waals surface area contributed by atoms with Crippen LogP contribution in [0.5, 0.6) is 5.88 Å². The lowest BCUT2D eigenvalue weighted by Crippen LogP contribution is -2.37. The normalized spacial score (nSPS) is 18.1. The summed E-state index contributed by atoms with van der Waals surface area (Å²) >= 11 is 0. The number of ether oxygens (including phenoxy) is 1. The van der Waals surface area contributed by atoms with Crippen molar-refractivity contribution in [3.05, 3.63) is 12.4 Å². The molecule has 110 valence electrons.